The van der Waals surface area contributed by atoms with E-state index in [2.05, 4.69) is 5.32 Å². The van der Waals surface area contributed by atoms with Crippen LogP contribution in [0.2, 0.25) is 10.0 Å². The third-order valence-corrected chi connectivity index (χ3v) is 9.66. The summed E-state index contributed by atoms with van der Waals surface area (Å²) >= 11 is 12.5. The van der Waals surface area contributed by atoms with E-state index in [1.54, 1.807) is 67.6 Å². The van der Waals surface area contributed by atoms with Crippen LogP contribution in [0.15, 0.2) is 108 Å². The van der Waals surface area contributed by atoms with Crippen LogP contribution in [-0.2, 0) is 32.6 Å². The number of carbonyl (C=O) groups is 2. The van der Waals surface area contributed by atoms with Crippen LogP contribution in [-0.4, -0.2) is 44.3 Å². The molecule has 4 aromatic carbocycles. The molecule has 0 saturated carbocycles. The lowest BCUT2D eigenvalue weighted by Gasteiger charge is -2.34. The van der Waals surface area contributed by atoms with Crippen LogP contribution < -0.4 is 9.62 Å². The highest BCUT2D eigenvalue weighted by Gasteiger charge is 2.35. The van der Waals surface area contributed by atoms with Gasteiger partial charge in [0, 0.05) is 19.5 Å². The number of anilines is 1. The van der Waals surface area contributed by atoms with Crippen LogP contribution >= 0.6 is 23.2 Å². The Kier molecular flexibility index (Phi) is 11.4. The van der Waals surface area contributed by atoms with Crippen molar-refractivity contribution in [1.29, 1.82) is 0 Å². The number of hydrogen-bond donors (Lipinski definition) is 1. The first-order valence-electron chi connectivity index (χ1n) is 14.3. The van der Waals surface area contributed by atoms with Gasteiger partial charge in [0.1, 0.15) is 12.6 Å². The van der Waals surface area contributed by atoms with Gasteiger partial charge in [-0.2, -0.15) is 0 Å². The van der Waals surface area contributed by atoms with Crippen molar-refractivity contribution in [2.75, 3.05) is 17.4 Å². The second kappa shape index (κ2) is 15.2. The van der Waals surface area contributed by atoms with Crippen molar-refractivity contribution < 1.29 is 18.0 Å². The number of nitrogens with zero attached hydrogens (tertiary/aromatic N) is 2. The maximum Gasteiger partial charge on any atom is 0.264 e. The molecule has 0 aromatic heterocycles. The van der Waals surface area contributed by atoms with Gasteiger partial charge in [-0.15, -0.1) is 0 Å². The first-order valence-corrected chi connectivity index (χ1v) is 16.5. The summed E-state index contributed by atoms with van der Waals surface area (Å²) in [4.78, 5) is 29.7. The van der Waals surface area contributed by atoms with E-state index in [0.717, 1.165) is 9.87 Å². The molecule has 1 unspecified atom stereocenters. The smallest absolute Gasteiger partial charge is 0.264 e. The van der Waals surface area contributed by atoms with E-state index in [-0.39, 0.29) is 23.8 Å². The predicted octanol–water partition coefficient (Wildman–Crippen LogP) is 6.66. The molecule has 230 valence electrons. The maximum atomic E-state index is 14.5. The van der Waals surface area contributed by atoms with Crippen LogP contribution in [0.5, 0.6) is 0 Å². The predicted molar refractivity (Wildman–Crippen MR) is 176 cm³/mol. The van der Waals surface area contributed by atoms with E-state index in [1.165, 1.54) is 17.0 Å². The van der Waals surface area contributed by atoms with Gasteiger partial charge in [0.25, 0.3) is 10.0 Å². The molecule has 2 amide bonds. The van der Waals surface area contributed by atoms with Gasteiger partial charge in [-0.05, 0) is 60.4 Å². The third-order valence-electron chi connectivity index (χ3n) is 7.15. The Balaban J connectivity index is 1.81. The average Bonchev–Trinajstić information content (AvgIpc) is 3.03. The zero-order valence-electron chi connectivity index (χ0n) is 24.6. The van der Waals surface area contributed by atoms with Crippen molar-refractivity contribution in [3.63, 3.8) is 0 Å². The molecular weight excluding hydrogens is 617 g/mol. The number of hydrogen-bond acceptors (Lipinski definition) is 4. The fraction of sp³-hybridized carbons (Fsp3) is 0.235. The minimum absolute atomic E-state index is 0.000234. The van der Waals surface area contributed by atoms with Crippen molar-refractivity contribution >= 4 is 50.7 Å². The number of amides is 2. The quantitative estimate of drug-likeness (QED) is 0.175. The summed E-state index contributed by atoms with van der Waals surface area (Å²) in [7, 11) is -4.16. The molecule has 7 nitrogen and oxygen atoms in total. The van der Waals surface area contributed by atoms with Gasteiger partial charge in [0.15, 0.2) is 0 Å². The van der Waals surface area contributed by atoms with Crippen LogP contribution in [0.1, 0.15) is 30.0 Å². The normalized spacial score (nSPS) is 11.9. The molecule has 0 fully saturated rings. The Labute approximate surface area is 269 Å². The summed E-state index contributed by atoms with van der Waals surface area (Å²) in [5.74, 6) is -0.885. The number of nitrogens with one attached hydrogen (secondary N) is 1. The molecule has 0 aliphatic carbocycles. The molecule has 0 aliphatic heterocycles. The average molecular weight is 653 g/mol. The van der Waals surface area contributed by atoms with Gasteiger partial charge in [0.05, 0.1) is 20.6 Å². The molecule has 44 heavy (non-hydrogen) atoms. The Bertz CT molecular complexity index is 1690. The Morgan fingerprint density at radius 3 is 2.09 bits per heavy atom. The molecular formula is C34H35Cl2N3O4S. The van der Waals surface area contributed by atoms with Gasteiger partial charge in [-0.25, -0.2) is 8.42 Å². The number of halogens is 2. The van der Waals surface area contributed by atoms with Crippen LogP contribution in [0.4, 0.5) is 5.69 Å². The van der Waals surface area contributed by atoms with E-state index < -0.39 is 28.5 Å². The number of aryl methyl sites for hydroxylation is 1. The first kappa shape index (κ1) is 33.1. The van der Waals surface area contributed by atoms with Gasteiger partial charge in [-0.3, -0.25) is 13.9 Å². The molecule has 0 saturated heterocycles. The van der Waals surface area contributed by atoms with Crippen molar-refractivity contribution in [3.05, 3.63) is 130 Å². The highest BCUT2D eigenvalue weighted by molar-refractivity contribution is 7.92. The molecule has 4 rings (SSSR count). The zero-order valence-corrected chi connectivity index (χ0v) is 26.9. The Morgan fingerprint density at radius 2 is 1.45 bits per heavy atom. The van der Waals surface area contributed by atoms with E-state index in [0.29, 0.717) is 39.8 Å². The second-order valence-electron chi connectivity index (χ2n) is 10.4. The van der Waals surface area contributed by atoms with Gasteiger partial charge >= 0.3 is 0 Å². The minimum Gasteiger partial charge on any atom is -0.354 e. The van der Waals surface area contributed by atoms with Crippen molar-refractivity contribution in [2.24, 2.45) is 0 Å². The van der Waals surface area contributed by atoms with Crippen LogP contribution in [0.25, 0.3) is 0 Å². The summed E-state index contributed by atoms with van der Waals surface area (Å²) in [6.45, 7) is 3.63. The van der Waals surface area contributed by atoms with Gasteiger partial charge in [-0.1, -0.05) is 103 Å². The fourth-order valence-corrected chi connectivity index (χ4v) is 6.65. The lowest BCUT2D eigenvalue weighted by atomic mass is 10.0. The van der Waals surface area contributed by atoms with E-state index in [4.69, 9.17) is 23.2 Å². The SMILES string of the molecule is CCCNC(=O)C(Cc1ccccc1)N(Cc1ccc(Cl)c(Cl)c1)C(=O)CN(c1ccccc1C)S(=O)(=O)c1ccccc1. The van der Waals surface area contributed by atoms with Gasteiger partial charge < -0.3 is 10.2 Å². The number of benzene rings is 4. The second-order valence-corrected chi connectivity index (χ2v) is 13.1. The summed E-state index contributed by atoms with van der Waals surface area (Å²) < 4.78 is 29.2. The summed E-state index contributed by atoms with van der Waals surface area (Å²) in [5.41, 5.74) is 2.54. The molecule has 0 bridgehead atoms. The number of carbonyl (C=O) groups excluding carboxylic acids is 2. The van der Waals surface area contributed by atoms with Gasteiger partial charge in [0.2, 0.25) is 11.8 Å². The topological polar surface area (TPSA) is 86.8 Å². The molecule has 0 aliphatic rings. The lowest BCUT2D eigenvalue weighted by molar-refractivity contribution is -0.140. The molecule has 0 radical (unpaired) electrons. The fourth-order valence-electron chi connectivity index (χ4n) is 4.83. The highest BCUT2D eigenvalue weighted by Crippen LogP contribution is 2.28. The molecule has 10 heteroatoms. The number of para-hydroxylation sites is 1. The lowest BCUT2D eigenvalue weighted by Crippen LogP contribution is -2.53. The molecule has 1 N–H and O–H groups in total. The third kappa shape index (κ3) is 8.20. The van der Waals surface area contributed by atoms with Crippen molar-refractivity contribution in [1.82, 2.24) is 10.2 Å². The molecule has 0 spiro atoms. The monoisotopic (exact) mass is 651 g/mol. The minimum atomic E-state index is -4.16. The summed E-state index contributed by atoms with van der Waals surface area (Å²) in [5, 5.41) is 3.59. The zero-order chi connectivity index (χ0) is 31.7. The summed E-state index contributed by atoms with van der Waals surface area (Å²) in [6.07, 6.45) is 0.931. The number of rotatable bonds is 13. The standard InChI is InChI=1S/C34H35Cl2N3O4S/c1-3-20-37-34(41)32(22-26-13-6-4-7-14-26)38(23-27-18-19-29(35)30(36)21-27)33(40)24-39(31-17-11-10-12-25(31)2)44(42,43)28-15-8-5-9-16-28/h4-19,21,32H,3,20,22-24H2,1-2H3,(H,37,41). The van der Waals surface area contributed by atoms with Crippen LogP contribution in [0.3, 0.4) is 0 Å². The Hall–Kier alpha value is -3.85. The molecule has 4 aromatic rings. The molecule has 1 atom stereocenters. The van der Waals surface area contributed by atoms with E-state index in [9.17, 15) is 18.0 Å². The largest absolute Gasteiger partial charge is 0.354 e. The van der Waals surface area contributed by atoms with E-state index >= 15 is 0 Å². The maximum absolute atomic E-state index is 14.5. The Morgan fingerprint density at radius 1 is 0.818 bits per heavy atom. The first-order chi connectivity index (χ1) is 21.1. The van der Waals surface area contributed by atoms with Crippen molar-refractivity contribution in [3.8, 4) is 0 Å². The van der Waals surface area contributed by atoms with Crippen LogP contribution in [0, 0.1) is 6.92 Å². The van der Waals surface area contributed by atoms with E-state index in [1.807, 2.05) is 37.3 Å². The van der Waals surface area contributed by atoms with Crippen molar-refractivity contribution in [2.45, 2.75) is 44.2 Å². The molecule has 0 heterocycles. The number of sulfonamides is 1. The highest BCUT2D eigenvalue weighted by atomic mass is 35.5. The summed E-state index contributed by atoms with van der Waals surface area (Å²) in [6, 6.07) is 28.4.